The third-order valence-corrected chi connectivity index (χ3v) is 3.62. The van der Waals surface area contributed by atoms with Crippen LogP contribution in [0.25, 0.3) is 0 Å². The summed E-state index contributed by atoms with van der Waals surface area (Å²) in [5.74, 6) is -1.27. The number of hydrogen-bond acceptors (Lipinski definition) is 2. The lowest BCUT2D eigenvalue weighted by Crippen LogP contribution is -2.46. The molecule has 1 saturated carbocycles. The second-order valence-corrected chi connectivity index (χ2v) is 5.57. The molecule has 0 aliphatic heterocycles. The minimum absolute atomic E-state index is 0.202. The van der Waals surface area contributed by atoms with E-state index in [0.717, 1.165) is 44.4 Å². The average Bonchev–Trinajstić information content (AvgIpc) is 2.30. The molecule has 1 aromatic rings. The summed E-state index contributed by atoms with van der Waals surface area (Å²) in [6, 6.07) is 4.18. The first-order chi connectivity index (χ1) is 9.01. The van der Waals surface area contributed by atoms with E-state index < -0.39 is 11.6 Å². The third-order valence-electron chi connectivity index (χ3n) is 3.62. The SMILES string of the molecule is CC(C)NCCC1(Oc2ccc(F)c(F)c2)CCC1. The number of ether oxygens (including phenoxy) is 1. The zero-order valence-corrected chi connectivity index (χ0v) is 11.5. The molecule has 0 saturated heterocycles. The van der Waals surface area contributed by atoms with Crippen molar-refractivity contribution >= 4 is 0 Å². The van der Waals surface area contributed by atoms with Crippen molar-refractivity contribution in [1.82, 2.24) is 5.32 Å². The van der Waals surface area contributed by atoms with Crippen LogP contribution >= 0.6 is 0 Å². The summed E-state index contributed by atoms with van der Waals surface area (Å²) in [6.07, 6.45) is 3.98. The van der Waals surface area contributed by atoms with E-state index in [1.165, 1.54) is 6.07 Å². The van der Waals surface area contributed by atoms with Crippen molar-refractivity contribution in [1.29, 1.82) is 0 Å². The van der Waals surface area contributed by atoms with Gasteiger partial charge in [-0.05, 0) is 44.4 Å². The fourth-order valence-electron chi connectivity index (χ4n) is 2.35. The molecule has 0 bridgehead atoms. The summed E-state index contributed by atoms with van der Waals surface area (Å²) >= 11 is 0. The predicted molar refractivity (Wildman–Crippen MR) is 71.3 cm³/mol. The first-order valence-corrected chi connectivity index (χ1v) is 6.88. The number of hydrogen-bond donors (Lipinski definition) is 1. The van der Waals surface area contributed by atoms with Gasteiger partial charge in [0.25, 0.3) is 0 Å². The molecule has 0 aromatic heterocycles. The minimum Gasteiger partial charge on any atom is -0.487 e. The number of nitrogens with one attached hydrogen (secondary N) is 1. The molecular weight excluding hydrogens is 248 g/mol. The van der Waals surface area contributed by atoms with Gasteiger partial charge in [0.2, 0.25) is 0 Å². The fraction of sp³-hybridized carbons (Fsp3) is 0.600. The molecule has 2 nitrogen and oxygen atoms in total. The van der Waals surface area contributed by atoms with E-state index in [-0.39, 0.29) is 5.60 Å². The molecule has 0 radical (unpaired) electrons. The normalized spacial score (nSPS) is 17.3. The standard InChI is InChI=1S/C15H21F2NO/c1-11(2)18-9-8-15(6-3-7-15)19-12-4-5-13(16)14(17)10-12/h4-5,10-11,18H,3,6-9H2,1-2H3. The second kappa shape index (κ2) is 5.87. The van der Waals surface area contributed by atoms with Crippen molar-refractivity contribution in [3.05, 3.63) is 29.8 Å². The van der Waals surface area contributed by atoms with Crippen LogP contribution in [0.5, 0.6) is 5.75 Å². The second-order valence-electron chi connectivity index (χ2n) is 5.57. The molecule has 19 heavy (non-hydrogen) atoms. The predicted octanol–water partition coefficient (Wildman–Crippen LogP) is 3.65. The highest BCUT2D eigenvalue weighted by Crippen LogP contribution is 2.39. The number of benzene rings is 1. The van der Waals surface area contributed by atoms with E-state index in [4.69, 9.17) is 4.74 Å². The van der Waals surface area contributed by atoms with Gasteiger partial charge in [0.15, 0.2) is 11.6 Å². The first kappa shape index (κ1) is 14.3. The molecular formula is C15H21F2NO. The van der Waals surface area contributed by atoms with E-state index in [0.29, 0.717) is 11.8 Å². The maximum absolute atomic E-state index is 13.2. The van der Waals surface area contributed by atoms with Crippen LogP contribution in [0.1, 0.15) is 39.5 Å². The van der Waals surface area contributed by atoms with Crippen LogP contribution in [0.4, 0.5) is 8.78 Å². The lowest BCUT2D eigenvalue weighted by Gasteiger charge is -2.42. The van der Waals surface area contributed by atoms with Crippen molar-refractivity contribution in [3.63, 3.8) is 0 Å². The summed E-state index contributed by atoms with van der Waals surface area (Å²) in [5.41, 5.74) is -0.202. The van der Waals surface area contributed by atoms with Gasteiger partial charge in [-0.15, -0.1) is 0 Å². The maximum atomic E-state index is 13.2. The van der Waals surface area contributed by atoms with Gasteiger partial charge in [0, 0.05) is 12.1 Å². The largest absolute Gasteiger partial charge is 0.487 e. The summed E-state index contributed by atoms with van der Waals surface area (Å²) in [6.45, 7) is 5.08. The van der Waals surface area contributed by atoms with Gasteiger partial charge >= 0.3 is 0 Å². The molecule has 1 aromatic carbocycles. The van der Waals surface area contributed by atoms with Crippen molar-refractivity contribution in [2.75, 3.05) is 6.54 Å². The Morgan fingerprint density at radius 1 is 1.26 bits per heavy atom. The molecule has 0 spiro atoms. The Hall–Kier alpha value is -1.16. The van der Waals surface area contributed by atoms with Crippen molar-refractivity contribution < 1.29 is 13.5 Å². The smallest absolute Gasteiger partial charge is 0.162 e. The molecule has 4 heteroatoms. The number of halogens is 2. The maximum Gasteiger partial charge on any atom is 0.162 e. The van der Waals surface area contributed by atoms with Crippen LogP contribution in [0, 0.1) is 11.6 Å². The molecule has 106 valence electrons. The lowest BCUT2D eigenvalue weighted by molar-refractivity contribution is -0.0148. The van der Waals surface area contributed by atoms with Gasteiger partial charge in [-0.25, -0.2) is 8.78 Å². The highest BCUT2D eigenvalue weighted by atomic mass is 19.2. The van der Waals surface area contributed by atoms with Gasteiger partial charge in [0.05, 0.1) is 0 Å². The topological polar surface area (TPSA) is 21.3 Å². The molecule has 0 unspecified atom stereocenters. The third kappa shape index (κ3) is 3.66. The molecule has 0 heterocycles. The van der Waals surface area contributed by atoms with Gasteiger partial charge in [-0.3, -0.25) is 0 Å². The van der Waals surface area contributed by atoms with Crippen molar-refractivity contribution in [2.24, 2.45) is 0 Å². The molecule has 1 aliphatic carbocycles. The zero-order chi connectivity index (χ0) is 13.9. The van der Waals surface area contributed by atoms with Crippen LogP contribution in [-0.2, 0) is 0 Å². The fourth-order valence-corrected chi connectivity index (χ4v) is 2.35. The minimum atomic E-state index is -0.854. The Morgan fingerprint density at radius 3 is 2.53 bits per heavy atom. The summed E-state index contributed by atoms with van der Waals surface area (Å²) in [7, 11) is 0. The molecule has 1 aliphatic rings. The van der Waals surface area contributed by atoms with Crippen LogP contribution in [-0.4, -0.2) is 18.2 Å². The Bertz CT molecular complexity index is 430. The Labute approximate surface area is 113 Å². The Morgan fingerprint density at radius 2 is 2.00 bits per heavy atom. The highest BCUT2D eigenvalue weighted by Gasteiger charge is 2.38. The van der Waals surface area contributed by atoms with Gasteiger partial charge in [-0.1, -0.05) is 13.8 Å². The summed E-state index contributed by atoms with van der Waals surface area (Å²) < 4.78 is 32.0. The molecule has 1 N–H and O–H groups in total. The first-order valence-electron chi connectivity index (χ1n) is 6.88. The highest BCUT2D eigenvalue weighted by molar-refractivity contribution is 5.25. The molecule has 0 amide bonds. The van der Waals surface area contributed by atoms with E-state index in [9.17, 15) is 8.78 Å². The van der Waals surface area contributed by atoms with E-state index >= 15 is 0 Å². The van der Waals surface area contributed by atoms with Gasteiger partial charge < -0.3 is 10.1 Å². The zero-order valence-electron chi connectivity index (χ0n) is 11.5. The quantitative estimate of drug-likeness (QED) is 0.851. The molecule has 0 atom stereocenters. The average molecular weight is 269 g/mol. The van der Waals surface area contributed by atoms with Crippen LogP contribution in [0.2, 0.25) is 0 Å². The summed E-state index contributed by atoms with van der Waals surface area (Å²) in [5, 5.41) is 3.36. The Kier molecular flexibility index (Phi) is 4.40. The molecule has 2 rings (SSSR count). The van der Waals surface area contributed by atoms with E-state index in [1.54, 1.807) is 0 Å². The van der Waals surface area contributed by atoms with E-state index in [1.807, 2.05) is 0 Å². The van der Waals surface area contributed by atoms with Crippen LogP contribution < -0.4 is 10.1 Å². The number of rotatable bonds is 6. The van der Waals surface area contributed by atoms with Crippen LogP contribution in [0.3, 0.4) is 0 Å². The van der Waals surface area contributed by atoms with Gasteiger partial charge in [0.1, 0.15) is 11.4 Å². The van der Waals surface area contributed by atoms with Crippen molar-refractivity contribution in [2.45, 2.75) is 51.2 Å². The molecule has 1 fully saturated rings. The monoisotopic (exact) mass is 269 g/mol. The Balaban J connectivity index is 1.95. The van der Waals surface area contributed by atoms with Gasteiger partial charge in [-0.2, -0.15) is 0 Å². The van der Waals surface area contributed by atoms with Crippen molar-refractivity contribution in [3.8, 4) is 5.75 Å². The van der Waals surface area contributed by atoms with E-state index in [2.05, 4.69) is 19.2 Å². The van der Waals surface area contributed by atoms with Crippen LogP contribution in [0.15, 0.2) is 18.2 Å². The lowest BCUT2D eigenvalue weighted by atomic mass is 9.77. The summed E-state index contributed by atoms with van der Waals surface area (Å²) in [4.78, 5) is 0.